The first-order valence-corrected chi connectivity index (χ1v) is 10.2. The summed E-state index contributed by atoms with van der Waals surface area (Å²) in [5.74, 6) is 0.604. The smallest absolute Gasteiger partial charge is 0.240 e. The van der Waals surface area contributed by atoms with E-state index in [1.165, 1.54) is 19.2 Å². The maximum absolute atomic E-state index is 12.7. The van der Waals surface area contributed by atoms with Crippen molar-refractivity contribution in [3.05, 3.63) is 84.7 Å². The van der Waals surface area contributed by atoms with Gasteiger partial charge in [0.1, 0.15) is 11.4 Å². The Morgan fingerprint density at radius 2 is 1.68 bits per heavy atom. The van der Waals surface area contributed by atoms with E-state index >= 15 is 0 Å². The molecule has 0 amide bonds. The molecule has 0 fully saturated rings. The lowest BCUT2D eigenvalue weighted by Gasteiger charge is -2.09. The van der Waals surface area contributed by atoms with Crippen molar-refractivity contribution in [2.75, 3.05) is 7.11 Å². The second kappa shape index (κ2) is 7.46. The predicted octanol–water partition coefficient (Wildman–Crippen LogP) is 3.49. The van der Waals surface area contributed by atoms with Crippen LogP contribution in [-0.2, 0) is 16.6 Å². The normalized spacial score (nSPS) is 11.6. The van der Waals surface area contributed by atoms with Gasteiger partial charge in [-0.25, -0.2) is 18.1 Å². The second-order valence-electron chi connectivity index (χ2n) is 6.20. The highest BCUT2D eigenvalue weighted by molar-refractivity contribution is 7.89. The molecule has 0 aliphatic rings. The lowest BCUT2D eigenvalue weighted by atomic mass is 10.1. The van der Waals surface area contributed by atoms with Gasteiger partial charge in [-0.2, -0.15) is 0 Å². The van der Waals surface area contributed by atoms with E-state index in [0.717, 1.165) is 22.6 Å². The summed E-state index contributed by atoms with van der Waals surface area (Å²) in [6.07, 6.45) is 1.88. The molecule has 4 aromatic rings. The maximum atomic E-state index is 12.7. The predicted molar refractivity (Wildman–Crippen MR) is 108 cm³/mol. The monoisotopic (exact) mass is 393 g/mol. The number of methoxy groups -OCH3 is 1. The van der Waals surface area contributed by atoms with Crippen LogP contribution in [0.1, 0.15) is 5.69 Å². The first kappa shape index (κ1) is 18.2. The van der Waals surface area contributed by atoms with Crippen LogP contribution in [0.15, 0.2) is 83.9 Å². The minimum Gasteiger partial charge on any atom is -0.497 e. The van der Waals surface area contributed by atoms with Gasteiger partial charge >= 0.3 is 0 Å². The average molecular weight is 393 g/mol. The Balaban J connectivity index is 1.69. The number of ether oxygens (including phenoxy) is 1. The van der Waals surface area contributed by atoms with E-state index in [0.29, 0.717) is 5.75 Å². The number of rotatable bonds is 6. The van der Waals surface area contributed by atoms with Gasteiger partial charge in [-0.3, -0.25) is 0 Å². The van der Waals surface area contributed by atoms with Gasteiger partial charge < -0.3 is 9.14 Å². The summed E-state index contributed by atoms with van der Waals surface area (Å²) in [6, 6.07) is 21.7. The second-order valence-corrected chi connectivity index (χ2v) is 7.97. The SMILES string of the molecule is COc1ccc(S(=O)(=O)NCc2c(-c3ccccc3)nc3ccccn23)cc1. The van der Waals surface area contributed by atoms with Crippen molar-refractivity contribution in [3.8, 4) is 17.0 Å². The summed E-state index contributed by atoms with van der Waals surface area (Å²) in [6.45, 7) is 0.115. The van der Waals surface area contributed by atoms with Crippen LogP contribution in [0.25, 0.3) is 16.9 Å². The first-order valence-electron chi connectivity index (χ1n) is 8.73. The van der Waals surface area contributed by atoms with Crippen molar-refractivity contribution in [1.29, 1.82) is 0 Å². The number of aromatic nitrogens is 2. The number of sulfonamides is 1. The molecule has 2 heterocycles. The van der Waals surface area contributed by atoms with Crippen molar-refractivity contribution in [1.82, 2.24) is 14.1 Å². The first-order chi connectivity index (χ1) is 13.6. The standard InChI is InChI=1S/C21H19N3O3S/c1-27-17-10-12-18(13-11-17)28(25,26)22-15-19-21(16-7-3-2-4-8-16)23-20-9-5-6-14-24(19)20/h2-14,22H,15H2,1H3. The molecule has 0 aliphatic heterocycles. The molecule has 0 bridgehead atoms. The molecule has 2 aromatic heterocycles. The molecule has 142 valence electrons. The van der Waals surface area contributed by atoms with E-state index in [9.17, 15) is 8.42 Å². The summed E-state index contributed by atoms with van der Waals surface area (Å²) in [4.78, 5) is 4.87. The molecule has 1 N–H and O–H groups in total. The van der Waals surface area contributed by atoms with Crippen molar-refractivity contribution >= 4 is 15.7 Å². The van der Waals surface area contributed by atoms with E-state index in [-0.39, 0.29) is 11.4 Å². The van der Waals surface area contributed by atoms with Crippen molar-refractivity contribution in [3.63, 3.8) is 0 Å². The van der Waals surface area contributed by atoms with Gasteiger partial charge in [0.15, 0.2) is 0 Å². The van der Waals surface area contributed by atoms with Crippen LogP contribution in [-0.4, -0.2) is 24.9 Å². The fourth-order valence-electron chi connectivity index (χ4n) is 3.04. The fraction of sp³-hybridized carbons (Fsp3) is 0.0952. The lowest BCUT2D eigenvalue weighted by Crippen LogP contribution is -2.24. The molecule has 4 rings (SSSR count). The Bertz CT molecular complexity index is 1200. The van der Waals surface area contributed by atoms with Gasteiger partial charge in [-0.05, 0) is 36.4 Å². The minimum absolute atomic E-state index is 0.115. The van der Waals surface area contributed by atoms with Crippen molar-refractivity contribution in [2.24, 2.45) is 0 Å². The third-order valence-electron chi connectivity index (χ3n) is 4.48. The summed E-state index contributed by atoms with van der Waals surface area (Å²) in [7, 11) is -2.14. The molecule has 0 atom stereocenters. The van der Waals surface area contributed by atoms with Gasteiger partial charge in [-0.15, -0.1) is 0 Å². The third-order valence-corrected chi connectivity index (χ3v) is 5.89. The van der Waals surface area contributed by atoms with Gasteiger partial charge in [0.2, 0.25) is 10.0 Å². The number of nitrogens with one attached hydrogen (secondary N) is 1. The zero-order valence-electron chi connectivity index (χ0n) is 15.2. The average Bonchev–Trinajstić information content (AvgIpc) is 3.12. The topological polar surface area (TPSA) is 72.7 Å². The summed E-state index contributed by atoms with van der Waals surface area (Å²) >= 11 is 0. The highest BCUT2D eigenvalue weighted by atomic mass is 32.2. The Morgan fingerprint density at radius 3 is 2.39 bits per heavy atom. The Hall–Kier alpha value is -3.16. The lowest BCUT2D eigenvalue weighted by molar-refractivity contribution is 0.414. The van der Waals surface area contributed by atoms with Crippen molar-refractivity contribution in [2.45, 2.75) is 11.4 Å². The van der Waals surface area contributed by atoms with E-state index in [2.05, 4.69) is 4.72 Å². The molecule has 7 heteroatoms. The fourth-order valence-corrected chi connectivity index (χ4v) is 4.03. The third kappa shape index (κ3) is 3.49. The van der Waals surface area contributed by atoms with Crippen LogP contribution in [0.5, 0.6) is 5.75 Å². The molecular weight excluding hydrogens is 374 g/mol. The maximum Gasteiger partial charge on any atom is 0.240 e. The largest absolute Gasteiger partial charge is 0.497 e. The van der Waals surface area contributed by atoms with E-state index in [1.807, 2.05) is 59.1 Å². The van der Waals surface area contributed by atoms with Gasteiger partial charge in [0, 0.05) is 11.8 Å². The number of hydrogen-bond donors (Lipinski definition) is 1. The minimum atomic E-state index is -3.68. The van der Waals surface area contributed by atoms with E-state index in [1.54, 1.807) is 12.1 Å². The zero-order chi connectivity index (χ0) is 19.6. The molecular formula is C21H19N3O3S. The number of pyridine rings is 1. The number of nitrogens with zero attached hydrogens (tertiary/aromatic N) is 2. The molecule has 6 nitrogen and oxygen atoms in total. The number of hydrogen-bond acceptors (Lipinski definition) is 4. The number of benzene rings is 2. The molecule has 28 heavy (non-hydrogen) atoms. The van der Waals surface area contributed by atoms with Crippen LogP contribution < -0.4 is 9.46 Å². The van der Waals surface area contributed by atoms with Crippen LogP contribution in [0.4, 0.5) is 0 Å². The van der Waals surface area contributed by atoms with Gasteiger partial charge in [0.25, 0.3) is 0 Å². The van der Waals surface area contributed by atoms with E-state index < -0.39 is 10.0 Å². The zero-order valence-corrected chi connectivity index (χ0v) is 16.1. The van der Waals surface area contributed by atoms with Gasteiger partial charge in [0.05, 0.1) is 29.9 Å². The van der Waals surface area contributed by atoms with E-state index in [4.69, 9.17) is 9.72 Å². The molecule has 0 aliphatic carbocycles. The Kier molecular flexibility index (Phi) is 4.85. The highest BCUT2D eigenvalue weighted by Gasteiger charge is 2.18. The van der Waals surface area contributed by atoms with Crippen molar-refractivity contribution < 1.29 is 13.2 Å². The Labute approximate surface area is 163 Å². The van der Waals surface area contributed by atoms with Crippen LogP contribution in [0.2, 0.25) is 0 Å². The molecule has 0 radical (unpaired) electrons. The number of imidazole rings is 1. The van der Waals surface area contributed by atoms with Crippen LogP contribution in [0.3, 0.4) is 0 Å². The molecule has 0 spiro atoms. The summed E-state index contributed by atoms with van der Waals surface area (Å²) in [5.41, 5.74) is 3.23. The number of fused-ring (bicyclic) bond motifs is 1. The highest BCUT2D eigenvalue weighted by Crippen LogP contribution is 2.25. The van der Waals surface area contributed by atoms with Gasteiger partial charge in [-0.1, -0.05) is 36.4 Å². The molecule has 2 aromatic carbocycles. The summed E-state index contributed by atoms with van der Waals surface area (Å²) < 4.78 is 35.1. The molecule has 0 saturated heterocycles. The quantitative estimate of drug-likeness (QED) is 0.544. The summed E-state index contributed by atoms with van der Waals surface area (Å²) in [5, 5.41) is 0. The van der Waals surface area contributed by atoms with Crippen LogP contribution in [0, 0.1) is 0 Å². The Morgan fingerprint density at radius 1 is 0.964 bits per heavy atom. The molecule has 0 saturated carbocycles. The molecule has 0 unspecified atom stereocenters. The van der Waals surface area contributed by atoms with Crippen LogP contribution >= 0.6 is 0 Å².